The number of nitrogens with one attached hydrogen (secondary N) is 1. The van der Waals surface area contributed by atoms with Crippen LogP contribution < -0.4 is 11.1 Å². The topological polar surface area (TPSA) is 80.0 Å². The van der Waals surface area contributed by atoms with Gasteiger partial charge in [0.25, 0.3) is 0 Å². The monoisotopic (exact) mass is 414 g/mol. The Morgan fingerprint density at radius 2 is 2.15 bits per heavy atom. The molecule has 1 aromatic carbocycles. The van der Waals surface area contributed by atoms with Gasteiger partial charge in [0.2, 0.25) is 0 Å². The number of rotatable bonds is 4. The fourth-order valence-electron chi connectivity index (χ4n) is 2.90. The number of carbonyl (C=O) groups is 1. The first-order valence-electron chi connectivity index (χ1n) is 9.04. The summed E-state index contributed by atoms with van der Waals surface area (Å²) in [5.74, 6) is 0.622. The first kappa shape index (κ1) is 21.6. The van der Waals surface area contributed by atoms with E-state index in [0.717, 1.165) is 12.0 Å². The summed E-state index contributed by atoms with van der Waals surface area (Å²) in [4.78, 5) is 18.3. The minimum absolute atomic E-state index is 0.0969. The molecule has 0 bridgehead atoms. The second-order valence-corrected chi connectivity index (χ2v) is 8.68. The molecule has 0 aliphatic carbocycles. The molecule has 1 aromatic rings. The fourth-order valence-corrected chi connectivity index (χ4v) is 3.47. The summed E-state index contributed by atoms with van der Waals surface area (Å²) in [5.41, 5.74) is 6.43. The molecule has 27 heavy (non-hydrogen) atoms. The quantitative estimate of drug-likeness (QED) is 0.570. The Kier molecular flexibility index (Phi) is 7.23. The number of carbonyl (C=O) groups excluding carboxylic acids is 1. The van der Waals surface area contributed by atoms with E-state index in [2.05, 4.69) is 10.3 Å². The highest BCUT2D eigenvalue weighted by Crippen LogP contribution is 2.26. The maximum Gasteiger partial charge on any atom is 0.410 e. The zero-order chi connectivity index (χ0) is 20.2. The van der Waals surface area contributed by atoms with Crippen molar-refractivity contribution in [2.24, 2.45) is 16.6 Å². The van der Waals surface area contributed by atoms with Gasteiger partial charge in [-0.15, -0.1) is 0 Å². The Balaban J connectivity index is 1.84. The lowest BCUT2D eigenvalue weighted by Crippen LogP contribution is -2.36. The van der Waals surface area contributed by atoms with Gasteiger partial charge in [-0.25, -0.2) is 4.79 Å². The Morgan fingerprint density at radius 3 is 2.78 bits per heavy atom. The van der Waals surface area contributed by atoms with Gasteiger partial charge in [0.05, 0.1) is 6.04 Å². The molecule has 0 saturated carbocycles. The molecule has 150 valence electrons. The summed E-state index contributed by atoms with van der Waals surface area (Å²) < 4.78 is 5.41. The Labute approximate surface area is 171 Å². The van der Waals surface area contributed by atoms with E-state index in [0.29, 0.717) is 35.6 Å². The number of aliphatic imine (C=N–C) groups is 1. The molecule has 0 aromatic heterocycles. The Bertz CT molecular complexity index is 703. The maximum absolute atomic E-state index is 12.1. The summed E-state index contributed by atoms with van der Waals surface area (Å²) in [5, 5.41) is 4.31. The zero-order valence-corrected chi connectivity index (χ0v) is 17.8. The van der Waals surface area contributed by atoms with Crippen molar-refractivity contribution in [3.63, 3.8) is 0 Å². The molecule has 0 spiro atoms. The van der Waals surface area contributed by atoms with Gasteiger partial charge in [0.15, 0.2) is 5.96 Å². The molecule has 1 aliphatic rings. The van der Waals surface area contributed by atoms with Crippen molar-refractivity contribution in [3.8, 4) is 0 Å². The van der Waals surface area contributed by atoms with Gasteiger partial charge < -0.3 is 20.7 Å². The van der Waals surface area contributed by atoms with Crippen LogP contribution in [0.15, 0.2) is 23.2 Å². The smallest absolute Gasteiger partial charge is 0.410 e. The predicted octanol–water partition coefficient (Wildman–Crippen LogP) is 4.22. The number of likely N-dealkylation sites (tertiary alicyclic amines) is 1. The van der Waals surface area contributed by atoms with Gasteiger partial charge in [-0.1, -0.05) is 29.3 Å². The third-order valence-electron chi connectivity index (χ3n) is 4.25. The molecule has 1 fully saturated rings. The number of nitrogens with two attached hydrogens (primary N) is 1. The van der Waals surface area contributed by atoms with Crippen molar-refractivity contribution in [1.29, 1.82) is 0 Å². The van der Waals surface area contributed by atoms with Gasteiger partial charge >= 0.3 is 6.09 Å². The van der Waals surface area contributed by atoms with E-state index in [1.165, 1.54) is 0 Å². The lowest BCUT2D eigenvalue weighted by molar-refractivity contribution is 0.0289. The van der Waals surface area contributed by atoms with E-state index in [9.17, 15) is 4.79 Å². The summed E-state index contributed by atoms with van der Waals surface area (Å²) in [7, 11) is 0. The van der Waals surface area contributed by atoms with E-state index >= 15 is 0 Å². The van der Waals surface area contributed by atoms with Crippen LogP contribution in [0.5, 0.6) is 0 Å². The van der Waals surface area contributed by atoms with Crippen LogP contribution in [0.3, 0.4) is 0 Å². The van der Waals surface area contributed by atoms with Crippen LogP contribution in [0.25, 0.3) is 0 Å². The van der Waals surface area contributed by atoms with Crippen LogP contribution in [0, 0.1) is 5.92 Å². The Morgan fingerprint density at radius 1 is 1.44 bits per heavy atom. The number of guanidine groups is 1. The fraction of sp³-hybridized carbons (Fsp3) is 0.579. The van der Waals surface area contributed by atoms with Crippen molar-refractivity contribution in [2.75, 3.05) is 19.6 Å². The van der Waals surface area contributed by atoms with Gasteiger partial charge in [0.1, 0.15) is 5.60 Å². The number of hydrogen-bond acceptors (Lipinski definition) is 3. The van der Waals surface area contributed by atoms with Gasteiger partial charge in [-0.05, 0) is 57.7 Å². The molecule has 6 nitrogen and oxygen atoms in total. The van der Waals surface area contributed by atoms with E-state index < -0.39 is 5.60 Å². The van der Waals surface area contributed by atoms with E-state index in [1.54, 1.807) is 17.0 Å². The molecule has 2 atom stereocenters. The van der Waals surface area contributed by atoms with Crippen molar-refractivity contribution in [3.05, 3.63) is 33.8 Å². The highest BCUT2D eigenvalue weighted by Gasteiger charge is 2.29. The molecule has 3 N–H and O–H groups in total. The second-order valence-electron chi connectivity index (χ2n) is 7.84. The normalized spacial score (nSPS) is 19.1. The number of hydrogen-bond donors (Lipinski definition) is 2. The van der Waals surface area contributed by atoms with Crippen LogP contribution in [0.2, 0.25) is 10.0 Å². The third kappa shape index (κ3) is 6.78. The lowest BCUT2D eigenvalue weighted by Gasteiger charge is -2.24. The molecule has 0 radical (unpaired) electrons. The predicted molar refractivity (Wildman–Crippen MR) is 110 cm³/mol. The van der Waals surface area contributed by atoms with Crippen molar-refractivity contribution >= 4 is 35.3 Å². The van der Waals surface area contributed by atoms with Gasteiger partial charge in [0, 0.05) is 29.7 Å². The molecular weight excluding hydrogens is 387 g/mol. The number of ether oxygens (including phenoxy) is 1. The maximum atomic E-state index is 12.1. The molecule has 1 saturated heterocycles. The summed E-state index contributed by atoms with van der Waals surface area (Å²) in [6, 6.07) is 5.26. The average molecular weight is 415 g/mol. The summed E-state index contributed by atoms with van der Waals surface area (Å²) >= 11 is 12.2. The molecule has 2 rings (SSSR count). The highest BCUT2D eigenvalue weighted by atomic mass is 35.5. The largest absolute Gasteiger partial charge is 0.444 e. The van der Waals surface area contributed by atoms with Crippen LogP contribution in [0.4, 0.5) is 4.79 Å². The van der Waals surface area contributed by atoms with Crippen LogP contribution in [0.1, 0.15) is 45.7 Å². The SMILES string of the molecule is CC(NC(N)=NCC1CCN(C(=O)OC(C)(C)C)C1)c1ccc(Cl)cc1Cl. The van der Waals surface area contributed by atoms with Crippen molar-refractivity contribution < 1.29 is 9.53 Å². The molecular formula is C19H28Cl2N4O2. The lowest BCUT2D eigenvalue weighted by atomic mass is 10.1. The number of amides is 1. The highest BCUT2D eigenvalue weighted by molar-refractivity contribution is 6.35. The Hall–Kier alpha value is -1.66. The van der Waals surface area contributed by atoms with E-state index in [1.807, 2.05) is 33.8 Å². The summed E-state index contributed by atoms with van der Waals surface area (Å²) in [6.07, 6.45) is 0.611. The number of nitrogens with zero attached hydrogens (tertiary/aromatic N) is 2. The first-order chi connectivity index (χ1) is 12.5. The van der Waals surface area contributed by atoms with Gasteiger partial charge in [-0.2, -0.15) is 0 Å². The van der Waals surface area contributed by atoms with Crippen molar-refractivity contribution in [2.45, 2.75) is 45.8 Å². The number of benzene rings is 1. The molecule has 8 heteroatoms. The molecule has 1 aliphatic heterocycles. The van der Waals surface area contributed by atoms with Crippen molar-refractivity contribution in [1.82, 2.24) is 10.2 Å². The molecule has 2 unspecified atom stereocenters. The van der Waals surface area contributed by atoms with E-state index in [4.69, 9.17) is 33.7 Å². The zero-order valence-electron chi connectivity index (χ0n) is 16.3. The van der Waals surface area contributed by atoms with Crippen LogP contribution in [-0.2, 0) is 4.74 Å². The van der Waals surface area contributed by atoms with E-state index in [-0.39, 0.29) is 18.1 Å². The second kappa shape index (κ2) is 9.02. The van der Waals surface area contributed by atoms with Gasteiger partial charge in [-0.3, -0.25) is 4.99 Å². The van der Waals surface area contributed by atoms with Crippen LogP contribution in [-0.4, -0.2) is 42.2 Å². The first-order valence-corrected chi connectivity index (χ1v) is 9.80. The minimum atomic E-state index is -0.485. The summed E-state index contributed by atoms with van der Waals surface area (Å²) in [6.45, 7) is 9.41. The molecule has 1 heterocycles. The number of halogens is 2. The third-order valence-corrected chi connectivity index (χ3v) is 4.81. The average Bonchev–Trinajstić information content (AvgIpc) is 3.00. The molecule has 1 amide bonds. The minimum Gasteiger partial charge on any atom is -0.444 e. The standard InChI is InChI=1S/C19H28Cl2N4O2/c1-12(15-6-5-14(20)9-16(15)21)24-17(22)23-10-13-7-8-25(11-13)18(26)27-19(2,3)4/h5-6,9,12-13H,7-8,10-11H2,1-4H3,(H3,22,23,24). The van der Waals surface area contributed by atoms with Crippen LogP contribution >= 0.6 is 23.2 Å².